The summed E-state index contributed by atoms with van der Waals surface area (Å²) in [6.07, 6.45) is 5.09. The lowest BCUT2D eigenvalue weighted by Crippen LogP contribution is -1.93. The third-order valence-electron chi connectivity index (χ3n) is 2.87. The Labute approximate surface area is 110 Å². The lowest BCUT2D eigenvalue weighted by molar-refractivity contribution is 0.480. The highest BCUT2D eigenvalue weighted by atomic mass is 16.3. The Morgan fingerprint density at radius 3 is 2.84 bits per heavy atom. The lowest BCUT2D eigenvalue weighted by Gasteiger charge is -2.06. The van der Waals surface area contributed by atoms with Crippen molar-refractivity contribution in [2.75, 3.05) is 12.4 Å². The SMILES string of the molecule is CNc1cc(O)c2nc(-c3cccnc3)ncc2c1. The average Bonchev–Trinajstić information content (AvgIpc) is 2.47. The molecule has 94 valence electrons. The Hall–Kier alpha value is -2.69. The summed E-state index contributed by atoms with van der Waals surface area (Å²) in [6.45, 7) is 0. The van der Waals surface area contributed by atoms with Crippen molar-refractivity contribution < 1.29 is 5.11 Å². The van der Waals surface area contributed by atoms with Crippen molar-refractivity contribution in [1.29, 1.82) is 0 Å². The van der Waals surface area contributed by atoms with E-state index in [0.29, 0.717) is 11.3 Å². The van der Waals surface area contributed by atoms with Crippen molar-refractivity contribution in [3.63, 3.8) is 0 Å². The van der Waals surface area contributed by atoms with Crippen molar-refractivity contribution >= 4 is 16.6 Å². The van der Waals surface area contributed by atoms with E-state index in [9.17, 15) is 5.11 Å². The number of benzene rings is 1. The maximum Gasteiger partial charge on any atom is 0.161 e. The average molecular weight is 252 g/mol. The Balaban J connectivity index is 2.19. The number of aromatic hydroxyl groups is 1. The van der Waals surface area contributed by atoms with Gasteiger partial charge in [-0.15, -0.1) is 0 Å². The van der Waals surface area contributed by atoms with Crippen molar-refractivity contribution in [2.24, 2.45) is 0 Å². The van der Waals surface area contributed by atoms with Crippen LogP contribution in [0.5, 0.6) is 5.75 Å². The monoisotopic (exact) mass is 252 g/mol. The largest absolute Gasteiger partial charge is 0.506 e. The molecule has 0 aliphatic carbocycles. The van der Waals surface area contributed by atoms with Crippen LogP contribution in [-0.4, -0.2) is 27.1 Å². The molecule has 0 spiro atoms. The van der Waals surface area contributed by atoms with E-state index in [0.717, 1.165) is 16.6 Å². The standard InChI is InChI=1S/C14H12N4O/c1-15-11-5-10-8-17-14(9-3-2-4-16-7-9)18-13(10)12(19)6-11/h2-8,15,19H,1H3. The molecule has 3 aromatic rings. The summed E-state index contributed by atoms with van der Waals surface area (Å²) in [7, 11) is 1.80. The zero-order chi connectivity index (χ0) is 13.2. The molecule has 5 heteroatoms. The molecule has 0 amide bonds. The quantitative estimate of drug-likeness (QED) is 0.733. The number of fused-ring (bicyclic) bond motifs is 1. The number of aromatic nitrogens is 3. The predicted octanol–water partition coefficient (Wildman–Crippen LogP) is 2.44. The molecule has 19 heavy (non-hydrogen) atoms. The van der Waals surface area contributed by atoms with Crippen molar-refractivity contribution in [3.8, 4) is 17.1 Å². The minimum atomic E-state index is 0.134. The molecule has 0 fully saturated rings. The highest BCUT2D eigenvalue weighted by Gasteiger charge is 2.07. The van der Waals surface area contributed by atoms with Gasteiger partial charge in [0.25, 0.3) is 0 Å². The highest BCUT2D eigenvalue weighted by Crippen LogP contribution is 2.28. The van der Waals surface area contributed by atoms with Gasteiger partial charge in [0.05, 0.1) is 0 Å². The highest BCUT2D eigenvalue weighted by molar-refractivity contribution is 5.88. The van der Waals surface area contributed by atoms with Crippen LogP contribution in [0.25, 0.3) is 22.3 Å². The summed E-state index contributed by atoms with van der Waals surface area (Å²) in [5.74, 6) is 0.683. The fourth-order valence-corrected chi connectivity index (χ4v) is 1.91. The number of hydrogen-bond donors (Lipinski definition) is 2. The third-order valence-corrected chi connectivity index (χ3v) is 2.87. The van der Waals surface area contributed by atoms with Gasteiger partial charge >= 0.3 is 0 Å². The van der Waals surface area contributed by atoms with Crippen LogP contribution in [0.1, 0.15) is 0 Å². The second-order valence-electron chi connectivity index (χ2n) is 4.12. The van der Waals surface area contributed by atoms with Crippen molar-refractivity contribution in [3.05, 3.63) is 42.9 Å². The molecule has 0 saturated heterocycles. The number of phenols is 1. The van der Waals surface area contributed by atoms with E-state index in [1.165, 1.54) is 0 Å². The molecular formula is C14H12N4O. The number of rotatable bonds is 2. The normalized spacial score (nSPS) is 10.6. The summed E-state index contributed by atoms with van der Waals surface area (Å²) in [5, 5.41) is 13.8. The first kappa shape index (κ1) is 11.4. The summed E-state index contributed by atoms with van der Waals surface area (Å²) < 4.78 is 0. The van der Waals surface area contributed by atoms with E-state index in [1.54, 1.807) is 31.7 Å². The summed E-state index contributed by atoms with van der Waals surface area (Å²) in [5.41, 5.74) is 2.18. The summed E-state index contributed by atoms with van der Waals surface area (Å²) in [4.78, 5) is 12.7. The van der Waals surface area contributed by atoms with E-state index in [1.807, 2.05) is 18.2 Å². The molecule has 0 aliphatic heterocycles. The third kappa shape index (κ3) is 2.06. The molecule has 5 nitrogen and oxygen atoms in total. The molecule has 0 unspecified atom stereocenters. The van der Waals surface area contributed by atoms with Gasteiger partial charge in [-0.2, -0.15) is 0 Å². The first-order chi connectivity index (χ1) is 9.28. The van der Waals surface area contributed by atoms with E-state index in [4.69, 9.17) is 0 Å². The van der Waals surface area contributed by atoms with Crippen LogP contribution in [0.15, 0.2) is 42.9 Å². The smallest absolute Gasteiger partial charge is 0.161 e. The van der Waals surface area contributed by atoms with Gasteiger partial charge in [0.2, 0.25) is 0 Å². The van der Waals surface area contributed by atoms with Gasteiger partial charge in [-0.05, 0) is 18.2 Å². The van der Waals surface area contributed by atoms with Crippen LogP contribution < -0.4 is 5.32 Å². The van der Waals surface area contributed by atoms with Crippen LogP contribution >= 0.6 is 0 Å². The van der Waals surface area contributed by atoms with Gasteiger partial charge < -0.3 is 10.4 Å². The Morgan fingerprint density at radius 2 is 2.11 bits per heavy atom. The number of hydrogen-bond acceptors (Lipinski definition) is 5. The molecule has 0 aliphatic rings. The fraction of sp³-hybridized carbons (Fsp3) is 0.0714. The molecule has 0 atom stereocenters. The fourth-order valence-electron chi connectivity index (χ4n) is 1.91. The Kier molecular flexibility index (Phi) is 2.72. The minimum absolute atomic E-state index is 0.134. The predicted molar refractivity (Wildman–Crippen MR) is 74.0 cm³/mol. The van der Waals surface area contributed by atoms with E-state index in [-0.39, 0.29) is 5.75 Å². The maximum atomic E-state index is 10.0. The van der Waals surface area contributed by atoms with Crippen LogP contribution in [0.3, 0.4) is 0 Å². The van der Waals surface area contributed by atoms with Gasteiger partial charge in [0, 0.05) is 48.3 Å². The van der Waals surface area contributed by atoms with Crippen LogP contribution in [-0.2, 0) is 0 Å². The molecule has 0 radical (unpaired) electrons. The molecule has 2 N–H and O–H groups in total. The van der Waals surface area contributed by atoms with E-state index < -0.39 is 0 Å². The number of nitrogens with one attached hydrogen (secondary N) is 1. The second-order valence-corrected chi connectivity index (χ2v) is 4.12. The lowest BCUT2D eigenvalue weighted by atomic mass is 10.2. The molecular weight excluding hydrogens is 240 g/mol. The number of phenolic OH excluding ortho intramolecular Hbond substituents is 1. The van der Waals surface area contributed by atoms with Gasteiger partial charge in [-0.3, -0.25) is 4.98 Å². The van der Waals surface area contributed by atoms with Crippen molar-refractivity contribution in [1.82, 2.24) is 15.0 Å². The molecule has 2 aromatic heterocycles. The Bertz CT molecular complexity index is 728. The van der Waals surface area contributed by atoms with E-state index >= 15 is 0 Å². The van der Waals surface area contributed by atoms with Crippen LogP contribution in [0.2, 0.25) is 0 Å². The van der Waals surface area contributed by atoms with Gasteiger partial charge in [0.15, 0.2) is 5.82 Å². The number of anilines is 1. The Morgan fingerprint density at radius 1 is 1.21 bits per heavy atom. The molecule has 2 heterocycles. The molecule has 3 rings (SSSR count). The first-order valence-electron chi connectivity index (χ1n) is 5.86. The molecule has 0 bridgehead atoms. The first-order valence-corrected chi connectivity index (χ1v) is 5.86. The van der Waals surface area contributed by atoms with E-state index in [2.05, 4.69) is 20.3 Å². The summed E-state index contributed by atoms with van der Waals surface area (Å²) >= 11 is 0. The molecule has 1 aromatic carbocycles. The zero-order valence-corrected chi connectivity index (χ0v) is 10.3. The maximum absolute atomic E-state index is 10.0. The minimum Gasteiger partial charge on any atom is -0.506 e. The summed E-state index contributed by atoms with van der Waals surface area (Å²) in [6, 6.07) is 7.24. The zero-order valence-electron chi connectivity index (χ0n) is 10.3. The van der Waals surface area contributed by atoms with Gasteiger partial charge in [-0.25, -0.2) is 9.97 Å². The topological polar surface area (TPSA) is 70.9 Å². The van der Waals surface area contributed by atoms with Crippen molar-refractivity contribution in [2.45, 2.75) is 0 Å². The number of nitrogens with zero attached hydrogens (tertiary/aromatic N) is 3. The van der Waals surface area contributed by atoms with Crippen LogP contribution in [0.4, 0.5) is 5.69 Å². The van der Waals surface area contributed by atoms with Gasteiger partial charge in [0.1, 0.15) is 11.3 Å². The van der Waals surface area contributed by atoms with Gasteiger partial charge in [-0.1, -0.05) is 0 Å². The van der Waals surface area contributed by atoms with Crippen LogP contribution in [0, 0.1) is 0 Å². The number of pyridine rings is 1. The molecule has 0 saturated carbocycles. The second kappa shape index (κ2) is 4.53.